The van der Waals surface area contributed by atoms with E-state index in [4.69, 9.17) is 23.2 Å². The first-order valence-electron chi connectivity index (χ1n) is 8.48. The van der Waals surface area contributed by atoms with Crippen molar-refractivity contribution in [1.29, 1.82) is 0 Å². The minimum absolute atomic E-state index is 0.250. The molecule has 0 atom stereocenters. The highest BCUT2D eigenvalue weighted by molar-refractivity contribution is 6.33. The number of nitrogens with one attached hydrogen (secondary N) is 1. The number of fused-ring (bicyclic) bond motifs is 1. The van der Waals surface area contributed by atoms with Crippen LogP contribution in [-0.2, 0) is 6.18 Å². The van der Waals surface area contributed by atoms with Gasteiger partial charge in [-0.05, 0) is 48.5 Å². The van der Waals surface area contributed by atoms with Crippen molar-refractivity contribution < 1.29 is 13.2 Å². The number of alkyl halides is 3. The third-order valence-corrected chi connectivity index (χ3v) is 4.79. The van der Waals surface area contributed by atoms with E-state index in [1.165, 1.54) is 12.1 Å². The second kappa shape index (κ2) is 7.54. The van der Waals surface area contributed by atoms with Gasteiger partial charge in [-0.3, -0.25) is 0 Å². The number of anilines is 2. The summed E-state index contributed by atoms with van der Waals surface area (Å²) in [6, 6.07) is 17.0. The predicted octanol–water partition coefficient (Wildman–Crippen LogP) is 7.37. The number of nitrogens with zero attached hydrogens (tertiary/aromatic N) is 2. The Morgan fingerprint density at radius 3 is 2.38 bits per heavy atom. The van der Waals surface area contributed by atoms with E-state index < -0.39 is 11.7 Å². The van der Waals surface area contributed by atoms with Crippen molar-refractivity contribution in [3.8, 4) is 11.4 Å². The summed E-state index contributed by atoms with van der Waals surface area (Å²) < 4.78 is 39.2. The molecule has 0 amide bonds. The van der Waals surface area contributed by atoms with E-state index in [-0.39, 0.29) is 5.69 Å². The van der Waals surface area contributed by atoms with Crippen LogP contribution in [0.1, 0.15) is 5.56 Å². The van der Waals surface area contributed by atoms with Crippen molar-refractivity contribution >= 4 is 45.6 Å². The summed E-state index contributed by atoms with van der Waals surface area (Å²) in [5.41, 5.74) is 0.634. The van der Waals surface area contributed by atoms with Gasteiger partial charge in [0.25, 0.3) is 0 Å². The van der Waals surface area contributed by atoms with Gasteiger partial charge in [0, 0.05) is 21.7 Å². The lowest BCUT2D eigenvalue weighted by Crippen LogP contribution is -2.06. The highest BCUT2D eigenvalue weighted by Gasteiger charge is 2.30. The molecule has 3 aromatic carbocycles. The number of benzene rings is 3. The van der Waals surface area contributed by atoms with Gasteiger partial charge in [-0.2, -0.15) is 13.2 Å². The molecule has 0 aliphatic carbocycles. The van der Waals surface area contributed by atoms with Gasteiger partial charge in [0.05, 0.1) is 16.1 Å². The number of hydrogen-bond donors (Lipinski definition) is 1. The van der Waals surface area contributed by atoms with E-state index in [0.29, 0.717) is 38.2 Å². The maximum absolute atomic E-state index is 13.1. The number of hydrogen-bond acceptors (Lipinski definition) is 3. The van der Waals surface area contributed by atoms with Crippen molar-refractivity contribution in [2.45, 2.75) is 6.18 Å². The first kappa shape index (κ1) is 19.5. The van der Waals surface area contributed by atoms with Crippen molar-refractivity contribution in [3.63, 3.8) is 0 Å². The molecular formula is C21H12Cl2F3N3. The van der Waals surface area contributed by atoms with Gasteiger partial charge in [-0.25, -0.2) is 9.97 Å². The van der Waals surface area contributed by atoms with Crippen molar-refractivity contribution in [2.75, 3.05) is 5.32 Å². The molecule has 0 saturated carbocycles. The van der Waals surface area contributed by atoms with Crippen LogP contribution in [0.3, 0.4) is 0 Å². The Labute approximate surface area is 174 Å². The van der Waals surface area contributed by atoms with Crippen molar-refractivity contribution in [2.24, 2.45) is 0 Å². The Kier molecular flexibility index (Phi) is 5.06. The average molecular weight is 434 g/mol. The van der Waals surface area contributed by atoms with Gasteiger partial charge in [0.2, 0.25) is 0 Å². The normalized spacial score (nSPS) is 11.6. The molecule has 4 aromatic rings. The molecule has 0 fully saturated rings. The van der Waals surface area contributed by atoms with E-state index >= 15 is 0 Å². The van der Waals surface area contributed by atoms with Gasteiger partial charge >= 0.3 is 6.18 Å². The monoisotopic (exact) mass is 433 g/mol. The number of aromatic nitrogens is 2. The molecule has 146 valence electrons. The molecule has 1 N–H and O–H groups in total. The van der Waals surface area contributed by atoms with Crippen LogP contribution in [0.5, 0.6) is 0 Å². The lowest BCUT2D eigenvalue weighted by molar-refractivity contribution is -0.137. The Hall–Kier alpha value is -2.83. The first-order valence-corrected chi connectivity index (χ1v) is 9.23. The SMILES string of the molecule is FC(F)(F)c1cccc(Nc2nc(-c3ccccc3Cl)nc3cc(Cl)ccc23)c1. The van der Waals surface area contributed by atoms with E-state index in [1.807, 2.05) is 0 Å². The summed E-state index contributed by atoms with van der Waals surface area (Å²) in [6.07, 6.45) is -4.44. The Balaban J connectivity index is 1.86. The Bertz CT molecular complexity index is 1210. The summed E-state index contributed by atoms with van der Waals surface area (Å²) in [6.45, 7) is 0. The molecule has 0 spiro atoms. The molecule has 3 nitrogen and oxygen atoms in total. The summed E-state index contributed by atoms with van der Waals surface area (Å²) in [5, 5.41) is 4.52. The van der Waals surface area contributed by atoms with Crippen molar-refractivity contribution in [1.82, 2.24) is 9.97 Å². The molecule has 29 heavy (non-hydrogen) atoms. The highest BCUT2D eigenvalue weighted by atomic mass is 35.5. The fourth-order valence-corrected chi connectivity index (χ4v) is 3.26. The van der Waals surface area contributed by atoms with Crippen LogP contribution < -0.4 is 5.32 Å². The molecule has 0 radical (unpaired) electrons. The van der Waals surface area contributed by atoms with E-state index in [2.05, 4.69) is 15.3 Å². The van der Waals surface area contributed by atoms with Gasteiger partial charge in [-0.1, -0.05) is 41.4 Å². The smallest absolute Gasteiger partial charge is 0.340 e. The van der Waals surface area contributed by atoms with Gasteiger partial charge in [-0.15, -0.1) is 0 Å². The molecule has 8 heteroatoms. The first-order chi connectivity index (χ1) is 13.8. The molecule has 1 heterocycles. The predicted molar refractivity (Wildman–Crippen MR) is 110 cm³/mol. The minimum atomic E-state index is -4.44. The van der Waals surface area contributed by atoms with Crippen LogP contribution in [0.25, 0.3) is 22.3 Å². The van der Waals surface area contributed by atoms with Crippen LogP contribution in [0.15, 0.2) is 66.7 Å². The molecule has 0 bridgehead atoms. The van der Waals surface area contributed by atoms with Gasteiger partial charge < -0.3 is 5.32 Å². The van der Waals surface area contributed by atoms with E-state index in [9.17, 15) is 13.2 Å². The van der Waals surface area contributed by atoms with Crippen LogP contribution in [-0.4, -0.2) is 9.97 Å². The summed E-state index contributed by atoms with van der Waals surface area (Å²) in [5.74, 6) is 0.681. The standard InChI is InChI=1S/C21H12Cl2F3N3/c22-13-8-9-16-18(11-13)28-19(15-6-1-2-7-17(15)23)29-20(16)27-14-5-3-4-12(10-14)21(24,25)26/h1-11H,(H,27,28,29). The highest BCUT2D eigenvalue weighted by Crippen LogP contribution is 2.34. The van der Waals surface area contributed by atoms with Crippen molar-refractivity contribution in [3.05, 3.63) is 82.3 Å². The van der Waals surface area contributed by atoms with E-state index in [0.717, 1.165) is 12.1 Å². The zero-order valence-corrected chi connectivity index (χ0v) is 16.1. The summed E-state index contributed by atoms with van der Waals surface area (Å²) in [4.78, 5) is 9.04. The van der Waals surface area contributed by atoms with Gasteiger partial charge in [0.1, 0.15) is 5.82 Å². The fraction of sp³-hybridized carbons (Fsp3) is 0.0476. The molecule has 4 rings (SSSR count). The molecule has 0 aliphatic rings. The van der Waals surface area contributed by atoms with Crippen LogP contribution in [0.4, 0.5) is 24.7 Å². The quantitative estimate of drug-likeness (QED) is 0.366. The second-order valence-corrected chi connectivity index (χ2v) is 7.08. The molecule has 0 aliphatic heterocycles. The zero-order chi connectivity index (χ0) is 20.6. The number of halogens is 5. The maximum Gasteiger partial charge on any atom is 0.416 e. The van der Waals surface area contributed by atoms with Crippen LogP contribution in [0, 0.1) is 0 Å². The third-order valence-electron chi connectivity index (χ3n) is 4.23. The van der Waals surface area contributed by atoms with Gasteiger partial charge in [0.15, 0.2) is 5.82 Å². The summed E-state index contributed by atoms with van der Waals surface area (Å²) in [7, 11) is 0. The maximum atomic E-state index is 13.1. The minimum Gasteiger partial charge on any atom is -0.340 e. The van der Waals surface area contributed by atoms with E-state index in [1.54, 1.807) is 42.5 Å². The topological polar surface area (TPSA) is 37.8 Å². The number of rotatable bonds is 3. The summed E-state index contributed by atoms with van der Waals surface area (Å²) >= 11 is 12.4. The third kappa shape index (κ3) is 4.13. The lowest BCUT2D eigenvalue weighted by Gasteiger charge is -2.13. The molecule has 1 aromatic heterocycles. The second-order valence-electron chi connectivity index (χ2n) is 6.24. The molecular weight excluding hydrogens is 422 g/mol. The largest absolute Gasteiger partial charge is 0.416 e. The lowest BCUT2D eigenvalue weighted by atomic mass is 10.1. The van der Waals surface area contributed by atoms with Crippen LogP contribution >= 0.6 is 23.2 Å². The zero-order valence-electron chi connectivity index (χ0n) is 14.6. The Morgan fingerprint density at radius 1 is 0.828 bits per heavy atom. The Morgan fingerprint density at radius 2 is 1.62 bits per heavy atom. The molecule has 0 unspecified atom stereocenters. The van der Waals surface area contributed by atoms with Crippen LogP contribution in [0.2, 0.25) is 10.0 Å². The average Bonchev–Trinajstić information content (AvgIpc) is 2.67. The molecule has 0 saturated heterocycles. The fourth-order valence-electron chi connectivity index (χ4n) is 2.87.